The average Bonchev–Trinajstić information content (AvgIpc) is 2.97. The summed E-state index contributed by atoms with van der Waals surface area (Å²) in [5.74, 6) is 3.36. The fourth-order valence-electron chi connectivity index (χ4n) is 7.03. The van der Waals surface area contributed by atoms with Crippen LogP contribution in [0.5, 0.6) is 0 Å². The molecular formula is C32H48N6OS. The molecule has 0 atom stereocenters. The fraction of sp³-hybridized carbons (Fsp3) is 0.656. The molecule has 2 amide bonds. The number of fused-ring (bicyclic) bond motifs is 1. The number of thiol groups is 1. The first-order valence-corrected chi connectivity index (χ1v) is 16.0. The monoisotopic (exact) mass is 564 g/mol. The molecule has 2 saturated carbocycles. The quantitative estimate of drug-likeness (QED) is 0.288. The van der Waals surface area contributed by atoms with E-state index in [1.54, 1.807) is 4.31 Å². The largest absolute Gasteiger partial charge is 0.362 e. The molecule has 2 aromatic rings. The van der Waals surface area contributed by atoms with Crippen molar-refractivity contribution in [3.05, 3.63) is 41.1 Å². The van der Waals surface area contributed by atoms with Crippen molar-refractivity contribution in [2.75, 3.05) is 29.6 Å². The molecule has 2 N–H and O–H groups in total. The Morgan fingerprint density at radius 2 is 1.65 bits per heavy atom. The van der Waals surface area contributed by atoms with Gasteiger partial charge in [0.15, 0.2) is 0 Å². The van der Waals surface area contributed by atoms with Crippen LogP contribution in [0.4, 0.5) is 22.2 Å². The number of aromatic nitrogens is 2. The highest BCUT2D eigenvalue weighted by Crippen LogP contribution is 2.38. The Morgan fingerprint density at radius 1 is 0.950 bits per heavy atom. The molecule has 218 valence electrons. The Bertz CT molecular complexity index is 1120. The topological polar surface area (TPSA) is 73.4 Å². The van der Waals surface area contributed by atoms with E-state index in [0.717, 1.165) is 61.9 Å². The van der Waals surface area contributed by atoms with Crippen LogP contribution >= 0.6 is 12.8 Å². The van der Waals surface area contributed by atoms with E-state index in [-0.39, 0.29) is 12.1 Å². The number of urea groups is 1. The van der Waals surface area contributed by atoms with Gasteiger partial charge in [0.05, 0.1) is 5.69 Å². The minimum Gasteiger partial charge on any atom is -0.362 e. The minimum atomic E-state index is -0.152. The van der Waals surface area contributed by atoms with Crippen LogP contribution in [0.2, 0.25) is 0 Å². The van der Waals surface area contributed by atoms with Crippen molar-refractivity contribution >= 4 is 36.3 Å². The molecule has 0 bridgehead atoms. The maximum absolute atomic E-state index is 13.0. The van der Waals surface area contributed by atoms with Crippen molar-refractivity contribution in [1.82, 2.24) is 14.3 Å². The van der Waals surface area contributed by atoms with Crippen LogP contribution in [0.1, 0.15) is 107 Å². The van der Waals surface area contributed by atoms with Crippen LogP contribution in [0, 0.1) is 5.92 Å². The highest BCUT2D eigenvalue weighted by molar-refractivity contribution is 7.78. The molecule has 0 radical (unpaired) electrons. The van der Waals surface area contributed by atoms with Crippen LogP contribution in [0.15, 0.2) is 24.3 Å². The van der Waals surface area contributed by atoms with Crippen LogP contribution in [-0.4, -0.2) is 46.5 Å². The van der Waals surface area contributed by atoms with Gasteiger partial charge in [0.25, 0.3) is 0 Å². The van der Waals surface area contributed by atoms with E-state index < -0.39 is 0 Å². The highest BCUT2D eigenvalue weighted by atomic mass is 32.1. The molecular weight excluding hydrogens is 516 g/mol. The van der Waals surface area contributed by atoms with Gasteiger partial charge in [-0.2, -0.15) is 4.98 Å². The highest BCUT2D eigenvalue weighted by Gasteiger charge is 2.29. The zero-order valence-corrected chi connectivity index (χ0v) is 25.6. The first-order chi connectivity index (χ1) is 19.4. The van der Waals surface area contributed by atoms with Crippen LogP contribution < -0.4 is 15.5 Å². The summed E-state index contributed by atoms with van der Waals surface area (Å²) in [6, 6.07) is 8.77. The Balaban J connectivity index is 1.09. The average molecular weight is 565 g/mol. The smallest absolute Gasteiger partial charge is 0.331 e. The molecule has 0 aliphatic heterocycles. The summed E-state index contributed by atoms with van der Waals surface area (Å²) in [5.41, 5.74) is 4.75. The van der Waals surface area contributed by atoms with Crippen molar-refractivity contribution in [1.29, 1.82) is 0 Å². The number of anilines is 3. The SMILES string of the molecule is CCCC1CCC(c2ccc(NC(=O)N(S)C3CCC(Nc4nc5c(c(N(C)C)n4)CCCC5)CC3)cc2)CC1. The third-order valence-corrected chi connectivity index (χ3v) is 9.85. The molecule has 1 aromatic heterocycles. The van der Waals surface area contributed by atoms with Crippen LogP contribution in [-0.2, 0) is 12.8 Å². The van der Waals surface area contributed by atoms with Crippen LogP contribution in [0.25, 0.3) is 0 Å². The summed E-state index contributed by atoms with van der Waals surface area (Å²) in [4.78, 5) is 24.9. The second kappa shape index (κ2) is 13.5. The molecule has 8 heteroatoms. The second-order valence-corrected chi connectivity index (χ2v) is 12.9. The number of aryl methyl sites for hydroxylation is 1. The number of nitrogens with zero attached hydrogens (tertiary/aromatic N) is 4. The molecule has 1 heterocycles. The number of carbonyl (C=O) groups excluding carboxylic acids is 1. The maximum Gasteiger partial charge on any atom is 0.331 e. The maximum atomic E-state index is 13.0. The second-order valence-electron chi connectivity index (χ2n) is 12.5. The summed E-state index contributed by atoms with van der Waals surface area (Å²) in [6.45, 7) is 2.29. The predicted octanol–water partition coefficient (Wildman–Crippen LogP) is 7.60. The standard InChI is InChI=1S/C32H48N6OS/c1-4-7-22-10-12-23(13-11-22)24-14-16-26(17-15-24)34-32(39)38(40)27-20-18-25(19-21-27)33-31-35-29-9-6-5-8-28(29)30(36-31)37(2)3/h14-17,22-23,25,27,40H,4-13,18-21H2,1-3H3,(H,34,39)(H,33,35,36). The van der Waals surface area contributed by atoms with Crippen molar-refractivity contribution in [2.45, 2.75) is 115 Å². The molecule has 40 heavy (non-hydrogen) atoms. The zero-order chi connectivity index (χ0) is 28.1. The molecule has 3 aliphatic rings. The van der Waals surface area contributed by atoms with Crippen LogP contribution in [0.3, 0.4) is 0 Å². The first kappa shape index (κ1) is 29.0. The lowest BCUT2D eigenvalue weighted by atomic mass is 9.77. The summed E-state index contributed by atoms with van der Waals surface area (Å²) < 4.78 is 1.60. The van der Waals surface area contributed by atoms with E-state index in [2.05, 4.69) is 61.5 Å². The van der Waals surface area contributed by atoms with E-state index in [0.29, 0.717) is 12.0 Å². The minimum absolute atomic E-state index is 0.112. The molecule has 0 saturated heterocycles. The van der Waals surface area contributed by atoms with E-state index >= 15 is 0 Å². The van der Waals surface area contributed by atoms with Crippen molar-refractivity contribution in [2.24, 2.45) is 5.92 Å². The molecule has 0 spiro atoms. The fourth-order valence-corrected chi connectivity index (χ4v) is 7.31. The Morgan fingerprint density at radius 3 is 2.33 bits per heavy atom. The number of hydrogen-bond acceptors (Lipinski definition) is 6. The summed E-state index contributed by atoms with van der Waals surface area (Å²) >= 11 is 4.62. The third-order valence-electron chi connectivity index (χ3n) is 9.35. The third kappa shape index (κ3) is 7.04. The number of amides is 2. The number of rotatable bonds is 8. The van der Waals surface area contributed by atoms with Gasteiger partial charge >= 0.3 is 6.03 Å². The lowest BCUT2D eigenvalue weighted by Gasteiger charge is -2.34. The lowest BCUT2D eigenvalue weighted by Crippen LogP contribution is -2.40. The van der Waals surface area contributed by atoms with Gasteiger partial charge in [-0.3, -0.25) is 4.31 Å². The van der Waals surface area contributed by atoms with Gasteiger partial charge in [0.1, 0.15) is 5.82 Å². The van der Waals surface area contributed by atoms with Crippen molar-refractivity contribution in [3.8, 4) is 0 Å². The first-order valence-electron chi connectivity index (χ1n) is 15.6. The Labute approximate surface area is 246 Å². The number of hydrogen-bond donors (Lipinski definition) is 3. The van der Waals surface area contributed by atoms with E-state index in [1.807, 2.05) is 12.1 Å². The van der Waals surface area contributed by atoms with Crippen molar-refractivity contribution < 1.29 is 4.79 Å². The van der Waals surface area contributed by atoms with E-state index in [1.165, 1.54) is 68.2 Å². The van der Waals surface area contributed by atoms with Crippen molar-refractivity contribution in [3.63, 3.8) is 0 Å². The lowest BCUT2D eigenvalue weighted by molar-refractivity contribution is 0.217. The number of nitrogens with one attached hydrogen (secondary N) is 2. The molecule has 2 fully saturated rings. The molecule has 5 rings (SSSR count). The summed E-state index contributed by atoms with van der Waals surface area (Å²) in [5, 5.41) is 6.66. The number of benzene rings is 1. The van der Waals surface area contributed by atoms with Gasteiger partial charge in [0.2, 0.25) is 5.95 Å². The molecule has 7 nitrogen and oxygen atoms in total. The van der Waals surface area contributed by atoms with Gasteiger partial charge in [-0.15, -0.1) is 0 Å². The van der Waals surface area contributed by atoms with Gasteiger partial charge in [0, 0.05) is 37.4 Å². The van der Waals surface area contributed by atoms with Gasteiger partial charge < -0.3 is 15.5 Å². The summed E-state index contributed by atoms with van der Waals surface area (Å²) in [7, 11) is 4.12. The zero-order valence-electron chi connectivity index (χ0n) is 24.7. The normalized spacial score (nSPS) is 24.6. The Hall–Kier alpha value is -2.48. The number of carbonyl (C=O) groups is 1. The van der Waals surface area contributed by atoms with Gasteiger partial charge in [-0.25, -0.2) is 9.78 Å². The molecule has 0 unspecified atom stereocenters. The Kier molecular flexibility index (Phi) is 9.76. The van der Waals surface area contributed by atoms with Gasteiger partial charge in [-0.1, -0.05) is 44.7 Å². The molecule has 3 aliphatic carbocycles. The van der Waals surface area contributed by atoms with E-state index in [4.69, 9.17) is 9.97 Å². The van der Waals surface area contributed by atoms with Gasteiger partial charge in [-0.05, 0) is 107 Å². The van der Waals surface area contributed by atoms with E-state index in [9.17, 15) is 4.79 Å². The molecule has 1 aromatic carbocycles. The predicted molar refractivity (Wildman–Crippen MR) is 169 cm³/mol. The summed E-state index contributed by atoms with van der Waals surface area (Å²) in [6.07, 6.45) is 16.2.